The number of nitrogens with zero attached hydrogens (tertiary/aromatic N) is 1. The molecule has 1 rings (SSSR count). The van der Waals surface area contributed by atoms with Gasteiger partial charge in [0.25, 0.3) is 0 Å². The number of aliphatic carboxylic acids is 2. The van der Waals surface area contributed by atoms with Crippen LogP contribution in [0.5, 0.6) is 0 Å². The van der Waals surface area contributed by atoms with Crippen LogP contribution in [0, 0.1) is 0 Å². The molecule has 7 nitrogen and oxygen atoms in total. The lowest BCUT2D eigenvalue weighted by Gasteiger charge is -2.24. The molecular weight excluding hydrogens is 264 g/mol. The molecule has 20 heavy (non-hydrogen) atoms. The Bertz CT molecular complexity index is 368. The fourth-order valence-electron chi connectivity index (χ4n) is 1.92. The Balaban J connectivity index is 2.53. The predicted octanol–water partition coefficient (Wildman–Crippen LogP) is 1.28. The molecule has 3 N–H and O–H groups in total. The van der Waals surface area contributed by atoms with E-state index in [0.717, 1.165) is 25.7 Å². The largest absolute Gasteiger partial charge is 0.481 e. The van der Waals surface area contributed by atoms with Crippen molar-refractivity contribution in [2.75, 3.05) is 6.54 Å². The van der Waals surface area contributed by atoms with Gasteiger partial charge in [-0.2, -0.15) is 0 Å². The zero-order valence-corrected chi connectivity index (χ0v) is 11.7. The third-order valence-electron chi connectivity index (χ3n) is 3.24. The molecule has 0 saturated heterocycles. The molecule has 1 unspecified atom stereocenters. The van der Waals surface area contributed by atoms with Crippen LogP contribution in [-0.2, 0) is 9.59 Å². The van der Waals surface area contributed by atoms with Gasteiger partial charge in [0, 0.05) is 19.0 Å². The van der Waals surface area contributed by atoms with Crippen LogP contribution in [0.1, 0.15) is 45.4 Å². The normalized spacial score (nSPS) is 15.4. The van der Waals surface area contributed by atoms with Crippen molar-refractivity contribution >= 4 is 18.0 Å². The maximum atomic E-state index is 12.1. The number of hydrogen-bond donors (Lipinski definition) is 3. The second-order valence-corrected chi connectivity index (χ2v) is 5.05. The molecule has 0 bridgehead atoms. The number of carboxylic acid groups (broad SMARTS) is 2. The van der Waals surface area contributed by atoms with Gasteiger partial charge in [-0.05, 0) is 25.7 Å². The van der Waals surface area contributed by atoms with E-state index in [1.54, 1.807) is 4.90 Å². The summed E-state index contributed by atoms with van der Waals surface area (Å²) in [5, 5.41) is 20.0. The van der Waals surface area contributed by atoms with Crippen LogP contribution in [0.3, 0.4) is 0 Å². The van der Waals surface area contributed by atoms with E-state index in [1.807, 2.05) is 6.92 Å². The summed E-state index contributed by atoms with van der Waals surface area (Å²) in [4.78, 5) is 35.3. The number of rotatable bonds is 9. The summed E-state index contributed by atoms with van der Waals surface area (Å²) >= 11 is 0. The van der Waals surface area contributed by atoms with E-state index >= 15 is 0 Å². The summed E-state index contributed by atoms with van der Waals surface area (Å²) in [6, 6.07) is -1.35. The van der Waals surface area contributed by atoms with E-state index in [9.17, 15) is 14.4 Å². The molecule has 1 aliphatic rings. The first-order valence-corrected chi connectivity index (χ1v) is 6.97. The van der Waals surface area contributed by atoms with E-state index in [0.29, 0.717) is 6.54 Å². The minimum absolute atomic E-state index is 0.108. The van der Waals surface area contributed by atoms with Crippen LogP contribution in [0.4, 0.5) is 4.79 Å². The lowest BCUT2D eigenvalue weighted by atomic mass is 10.1. The molecule has 0 spiro atoms. The monoisotopic (exact) mass is 286 g/mol. The molecule has 114 valence electrons. The van der Waals surface area contributed by atoms with Crippen LogP contribution in [0.15, 0.2) is 0 Å². The molecule has 0 radical (unpaired) electrons. The van der Waals surface area contributed by atoms with Crippen molar-refractivity contribution < 1.29 is 24.6 Å². The van der Waals surface area contributed by atoms with Crippen molar-refractivity contribution in [2.24, 2.45) is 0 Å². The highest BCUT2D eigenvalue weighted by Gasteiger charge is 2.33. The number of amides is 2. The molecule has 7 heteroatoms. The van der Waals surface area contributed by atoms with Crippen molar-refractivity contribution in [3.05, 3.63) is 0 Å². The Morgan fingerprint density at radius 1 is 1.30 bits per heavy atom. The summed E-state index contributed by atoms with van der Waals surface area (Å²) in [5.74, 6) is -2.28. The summed E-state index contributed by atoms with van der Waals surface area (Å²) in [6.07, 6.45) is 3.33. The molecule has 0 aromatic rings. The smallest absolute Gasteiger partial charge is 0.326 e. The molecule has 0 aromatic carbocycles. The van der Waals surface area contributed by atoms with E-state index in [-0.39, 0.29) is 18.9 Å². The maximum absolute atomic E-state index is 12.1. The Morgan fingerprint density at radius 2 is 1.95 bits per heavy atom. The van der Waals surface area contributed by atoms with E-state index < -0.39 is 24.0 Å². The topological polar surface area (TPSA) is 107 Å². The summed E-state index contributed by atoms with van der Waals surface area (Å²) in [7, 11) is 0. The third kappa shape index (κ3) is 5.46. The van der Waals surface area contributed by atoms with Gasteiger partial charge >= 0.3 is 18.0 Å². The second-order valence-electron chi connectivity index (χ2n) is 5.05. The SMILES string of the molecule is CCCCN(C(=O)NC(CCC(=O)O)C(=O)O)C1CC1. The lowest BCUT2D eigenvalue weighted by Crippen LogP contribution is -2.49. The Hall–Kier alpha value is -1.79. The molecule has 1 atom stereocenters. The molecule has 1 aliphatic carbocycles. The predicted molar refractivity (Wildman–Crippen MR) is 71.5 cm³/mol. The van der Waals surface area contributed by atoms with Crippen molar-refractivity contribution in [3.8, 4) is 0 Å². The summed E-state index contributed by atoms with van der Waals surface area (Å²) in [6.45, 7) is 2.63. The van der Waals surface area contributed by atoms with Crippen molar-refractivity contribution in [3.63, 3.8) is 0 Å². The number of carbonyl (C=O) groups excluding carboxylic acids is 1. The van der Waals surface area contributed by atoms with Gasteiger partial charge in [-0.25, -0.2) is 9.59 Å². The zero-order chi connectivity index (χ0) is 15.1. The van der Waals surface area contributed by atoms with Crippen LogP contribution in [-0.4, -0.2) is 51.7 Å². The van der Waals surface area contributed by atoms with Crippen molar-refractivity contribution in [1.82, 2.24) is 10.2 Å². The highest BCUT2D eigenvalue weighted by Crippen LogP contribution is 2.27. The fraction of sp³-hybridized carbons (Fsp3) is 0.769. The minimum atomic E-state index is -1.20. The first kappa shape index (κ1) is 16.3. The van der Waals surface area contributed by atoms with Gasteiger partial charge in [0.15, 0.2) is 0 Å². The van der Waals surface area contributed by atoms with Gasteiger partial charge in [-0.1, -0.05) is 13.3 Å². The first-order valence-electron chi connectivity index (χ1n) is 6.97. The molecule has 0 aromatic heterocycles. The molecular formula is C13H22N2O5. The molecule has 0 heterocycles. The Labute approximate surface area is 117 Å². The Kier molecular flexibility index (Phi) is 6.27. The van der Waals surface area contributed by atoms with Crippen LogP contribution in [0.2, 0.25) is 0 Å². The number of unbranched alkanes of at least 4 members (excludes halogenated alkanes) is 1. The first-order chi connectivity index (χ1) is 9.45. The Morgan fingerprint density at radius 3 is 2.40 bits per heavy atom. The van der Waals surface area contributed by atoms with E-state index in [4.69, 9.17) is 10.2 Å². The van der Waals surface area contributed by atoms with Crippen LogP contribution >= 0.6 is 0 Å². The van der Waals surface area contributed by atoms with E-state index in [1.165, 1.54) is 0 Å². The third-order valence-corrected chi connectivity index (χ3v) is 3.24. The molecule has 2 amide bonds. The van der Waals surface area contributed by atoms with Gasteiger partial charge in [-0.15, -0.1) is 0 Å². The summed E-state index contributed by atoms with van der Waals surface area (Å²) in [5.41, 5.74) is 0. The van der Waals surface area contributed by atoms with Crippen molar-refractivity contribution in [1.29, 1.82) is 0 Å². The van der Waals surface area contributed by atoms with Crippen molar-refractivity contribution in [2.45, 2.75) is 57.5 Å². The van der Waals surface area contributed by atoms with Gasteiger partial charge in [0.05, 0.1) is 0 Å². The average Bonchev–Trinajstić information content (AvgIpc) is 3.18. The minimum Gasteiger partial charge on any atom is -0.481 e. The molecule has 0 aliphatic heterocycles. The van der Waals surface area contributed by atoms with Crippen LogP contribution < -0.4 is 5.32 Å². The number of nitrogens with one attached hydrogen (secondary N) is 1. The number of carbonyl (C=O) groups is 3. The van der Waals surface area contributed by atoms with Gasteiger partial charge in [-0.3, -0.25) is 4.79 Å². The van der Waals surface area contributed by atoms with Gasteiger partial charge < -0.3 is 20.4 Å². The number of hydrogen-bond acceptors (Lipinski definition) is 3. The quantitative estimate of drug-likeness (QED) is 0.592. The zero-order valence-electron chi connectivity index (χ0n) is 11.7. The highest BCUT2D eigenvalue weighted by molar-refractivity contribution is 5.83. The molecule has 1 saturated carbocycles. The number of carboxylic acids is 2. The second kappa shape index (κ2) is 7.72. The van der Waals surface area contributed by atoms with Crippen LogP contribution in [0.25, 0.3) is 0 Å². The average molecular weight is 286 g/mol. The fourth-order valence-corrected chi connectivity index (χ4v) is 1.92. The maximum Gasteiger partial charge on any atom is 0.326 e. The van der Waals surface area contributed by atoms with E-state index in [2.05, 4.69) is 5.32 Å². The highest BCUT2D eigenvalue weighted by atomic mass is 16.4. The van der Waals surface area contributed by atoms with Gasteiger partial charge in [0.2, 0.25) is 0 Å². The molecule has 1 fully saturated rings. The van der Waals surface area contributed by atoms with Gasteiger partial charge in [0.1, 0.15) is 6.04 Å². The standard InChI is InChI=1S/C13H22N2O5/c1-2-3-8-15(9-4-5-9)13(20)14-10(12(18)19)6-7-11(16)17/h9-10H,2-8H2,1H3,(H,14,20)(H,16,17)(H,18,19). The number of urea groups is 1. The summed E-state index contributed by atoms with van der Waals surface area (Å²) < 4.78 is 0. The lowest BCUT2D eigenvalue weighted by molar-refractivity contribution is -0.140.